The van der Waals surface area contributed by atoms with Gasteiger partial charge in [0.05, 0.1) is 5.56 Å². The Hall–Kier alpha value is -2.77. The highest BCUT2D eigenvalue weighted by Gasteiger charge is 2.32. The van der Waals surface area contributed by atoms with Gasteiger partial charge in [-0.3, -0.25) is 0 Å². The van der Waals surface area contributed by atoms with Gasteiger partial charge in [-0.1, -0.05) is 12.6 Å². The highest BCUT2D eigenvalue weighted by atomic mass is 19.4. The second kappa shape index (κ2) is 7.33. The lowest BCUT2D eigenvalue weighted by molar-refractivity contribution is -0.137. The summed E-state index contributed by atoms with van der Waals surface area (Å²) in [7, 11) is 0. The zero-order valence-electron chi connectivity index (χ0n) is 15.5. The molecule has 0 radical (unpaired) electrons. The molecule has 1 fully saturated rings. The summed E-state index contributed by atoms with van der Waals surface area (Å²) >= 11 is 0. The van der Waals surface area contributed by atoms with Gasteiger partial charge in [-0.15, -0.1) is 0 Å². The number of aliphatic carboxylic acids is 1. The maximum Gasteiger partial charge on any atom is 0.416 e. The summed E-state index contributed by atoms with van der Waals surface area (Å²) in [5.41, 5.74) is 7.18. The van der Waals surface area contributed by atoms with Crippen molar-refractivity contribution in [2.75, 3.05) is 6.54 Å². The Morgan fingerprint density at radius 3 is 2.57 bits per heavy atom. The standard InChI is InChI=1S/C20H22F3N3O2/c1-11(17(19(27)28)25-18(24)14-3-4-14)12(2)26-8-7-13-5-6-16(20(21,22)23)9-15(13)10-26/h5-6,9,14H,2-4,7-8,10H2,1H3,(H2,24,25)(H,27,28)/b17-11-. The van der Waals surface area contributed by atoms with Crippen molar-refractivity contribution >= 4 is 11.8 Å². The van der Waals surface area contributed by atoms with Crippen molar-refractivity contribution < 1.29 is 23.1 Å². The molecule has 1 aromatic rings. The minimum atomic E-state index is -4.41. The van der Waals surface area contributed by atoms with Gasteiger partial charge in [0.25, 0.3) is 0 Å². The topological polar surface area (TPSA) is 78.9 Å². The van der Waals surface area contributed by atoms with Crippen molar-refractivity contribution in [1.29, 1.82) is 0 Å². The van der Waals surface area contributed by atoms with Crippen LogP contribution in [0.4, 0.5) is 13.2 Å². The van der Waals surface area contributed by atoms with Crippen LogP contribution in [0.25, 0.3) is 0 Å². The van der Waals surface area contributed by atoms with Crippen LogP contribution in [0.15, 0.2) is 46.7 Å². The molecule has 0 atom stereocenters. The van der Waals surface area contributed by atoms with Gasteiger partial charge in [0.15, 0.2) is 5.70 Å². The number of alkyl halides is 3. The van der Waals surface area contributed by atoms with Crippen molar-refractivity contribution in [2.24, 2.45) is 16.6 Å². The van der Waals surface area contributed by atoms with Gasteiger partial charge in [-0.05, 0) is 49.4 Å². The predicted molar refractivity (Wildman–Crippen MR) is 99.4 cm³/mol. The number of fused-ring (bicyclic) bond motifs is 1. The normalized spacial score (nSPS) is 18.4. The molecule has 1 aliphatic heterocycles. The van der Waals surface area contributed by atoms with E-state index in [1.54, 1.807) is 11.8 Å². The number of carboxylic acids is 1. The highest BCUT2D eigenvalue weighted by Crippen LogP contribution is 2.34. The minimum Gasteiger partial charge on any atom is -0.477 e. The van der Waals surface area contributed by atoms with E-state index in [0.717, 1.165) is 30.5 Å². The van der Waals surface area contributed by atoms with E-state index in [0.29, 0.717) is 35.6 Å². The van der Waals surface area contributed by atoms with Gasteiger partial charge in [0.1, 0.15) is 5.84 Å². The third-order valence-corrected chi connectivity index (χ3v) is 5.15. The molecule has 1 heterocycles. The second-order valence-electron chi connectivity index (χ2n) is 7.19. The summed E-state index contributed by atoms with van der Waals surface area (Å²) in [5, 5.41) is 9.52. The van der Waals surface area contributed by atoms with Crippen molar-refractivity contribution in [3.8, 4) is 0 Å². The Morgan fingerprint density at radius 2 is 2.00 bits per heavy atom. The van der Waals surface area contributed by atoms with E-state index in [1.165, 1.54) is 6.07 Å². The van der Waals surface area contributed by atoms with Gasteiger partial charge >= 0.3 is 12.1 Å². The first kappa shape index (κ1) is 20.0. The molecule has 0 aromatic heterocycles. The van der Waals surface area contributed by atoms with Gasteiger partial charge in [0.2, 0.25) is 0 Å². The Morgan fingerprint density at radius 1 is 1.32 bits per heavy atom. The molecule has 28 heavy (non-hydrogen) atoms. The molecule has 0 amide bonds. The molecule has 5 nitrogen and oxygen atoms in total. The van der Waals surface area contributed by atoms with Crippen LogP contribution in [0.1, 0.15) is 36.5 Å². The summed E-state index contributed by atoms with van der Waals surface area (Å²) in [4.78, 5) is 17.5. The quantitative estimate of drug-likeness (QED) is 0.346. The first-order valence-electron chi connectivity index (χ1n) is 8.99. The Bertz CT molecular complexity index is 883. The van der Waals surface area contributed by atoms with Gasteiger partial charge in [-0.2, -0.15) is 13.2 Å². The summed E-state index contributed by atoms with van der Waals surface area (Å²) in [6, 6.07) is 3.74. The molecule has 3 N–H and O–H groups in total. The number of rotatable bonds is 5. The minimum absolute atomic E-state index is 0.123. The average molecular weight is 393 g/mol. The molecule has 1 saturated carbocycles. The molecular weight excluding hydrogens is 371 g/mol. The lowest BCUT2D eigenvalue weighted by atomic mass is 9.96. The summed E-state index contributed by atoms with van der Waals surface area (Å²) in [6.45, 7) is 6.32. The fourth-order valence-corrected chi connectivity index (χ4v) is 3.23. The van der Waals surface area contributed by atoms with Gasteiger partial charge in [-0.25, -0.2) is 9.79 Å². The third kappa shape index (κ3) is 4.21. The van der Waals surface area contributed by atoms with Crippen LogP contribution in [0.5, 0.6) is 0 Å². The van der Waals surface area contributed by atoms with E-state index in [2.05, 4.69) is 11.6 Å². The number of halogens is 3. The van der Waals surface area contributed by atoms with Crippen LogP contribution in [0, 0.1) is 5.92 Å². The predicted octanol–water partition coefficient (Wildman–Crippen LogP) is 3.70. The first-order chi connectivity index (χ1) is 13.1. The van der Waals surface area contributed by atoms with Crippen LogP contribution < -0.4 is 5.73 Å². The first-order valence-corrected chi connectivity index (χ1v) is 8.99. The van der Waals surface area contributed by atoms with E-state index < -0.39 is 17.7 Å². The Kier molecular flexibility index (Phi) is 5.23. The number of nitrogens with zero attached hydrogens (tertiary/aromatic N) is 2. The van der Waals surface area contributed by atoms with Crippen molar-refractivity contribution in [3.05, 3.63) is 58.4 Å². The number of allylic oxidation sites excluding steroid dienone is 1. The van der Waals surface area contributed by atoms with Crippen molar-refractivity contribution in [3.63, 3.8) is 0 Å². The molecule has 1 aromatic carbocycles. The number of carboxylic acid groups (broad SMARTS) is 1. The molecule has 1 aliphatic carbocycles. The van der Waals surface area contributed by atoms with Crippen LogP contribution in [-0.4, -0.2) is 28.4 Å². The van der Waals surface area contributed by atoms with Crippen molar-refractivity contribution in [2.45, 2.75) is 38.9 Å². The van der Waals surface area contributed by atoms with Gasteiger partial charge < -0.3 is 15.7 Å². The van der Waals surface area contributed by atoms with Crippen LogP contribution in [0.3, 0.4) is 0 Å². The molecule has 8 heteroatoms. The lowest BCUT2D eigenvalue weighted by Gasteiger charge is -2.33. The van der Waals surface area contributed by atoms with Crippen LogP contribution in [0.2, 0.25) is 0 Å². The Balaban J connectivity index is 1.86. The number of benzene rings is 1. The van der Waals surface area contributed by atoms with E-state index >= 15 is 0 Å². The molecule has 0 saturated heterocycles. The van der Waals surface area contributed by atoms with Crippen molar-refractivity contribution in [1.82, 2.24) is 4.90 Å². The summed E-state index contributed by atoms with van der Waals surface area (Å²) < 4.78 is 39.0. The van der Waals surface area contributed by atoms with E-state index in [-0.39, 0.29) is 18.2 Å². The highest BCUT2D eigenvalue weighted by molar-refractivity contribution is 5.94. The Labute approximate surface area is 161 Å². The SMILES string of the molecule is C=C(/C(C)=C(\N=C(/N)C1CC1)C(=O)O)N1CCc2ccc(C(F)(F)F)cc2C1. The maximum absolute atomic E-state index is 13.0. The van der Waals surface area contributed by atoms with Crippen LogP contribution >= 0.6 is 0 Å². The molecule has 0 spiro atoms. The fourth-order valence-electron chi connectivity index (χ4n) is 3.23. The molecule has 150 valence electrons. The van der Waals surface area contributed by atoms with E-state index in [1.807, 2.05) is 0 Å². The smallest absolute Gasteiger partial charge is 0.416 e. The largest absolute Gasteiger partial charge is 0.477 e. The number of aliphatic imine (C=N–C) groups is 1. The van der Waals surface area contributed by atoms with Gasteiger partial charge in [0, 0.05) is 30.3 Å². The number of nitrogens with two attached hydrogens (primary N) is 1. The maximum atomic E-state index is 13.0. The molecule has 2 aliphatic rings. The number of carbonyl (C=O) groups is 1. The van der Waals surface area contributed by atoms with E-state index in [9.17, 15) is 23.1 Å². The fraction of sp³-hybridized carbons (Fsp3) is 0.400. The third-order valence-electron chi connectivity index (χ3n) is 5.15. The number of amidine groups is 1. The molecule has 0 bridgehead atoms. The van der Waals surface area contributed by atoms with Crippen LogP contribution in [-0.2, 0) is 23.9 Å². The zero-order chi connectivity index (χ0) is 20.6. The summed E-state index contributed by atoms with van der Waals surface area (Å²) in [5.74, 6) is -0.791. The molecule has 0 unspecified atom stereocenters. The molecule has 3 rings (SSSR count). The number of hydrogen-bond donors (Lipinski definition) is 2. The van der Waals surface area contributed by atoms with E-state index in [4.69, 9.17) is 5.73 Å². The lowest BCUT2D eigenvalue weighted by Crippen LogP contribution is -2.31. The monoisotopic (exact) mass is 393 g/mol. The average Bonchev–Trinajstić information content (AvgIpc) is 3.48. The summed E-state index contributed by atoms with van der Waals surface area (Å²) in [6.07, 6.45) is -2.06. The number of hydrogen-bond acceptors (Lipinski definition) is 3. The zero-order valence-corrected chi connectivity index (χ0v) is 15.5. The molecular formula is C20H22F3N3O2. The second-order valence-corrected chi connectivity index (χ2v) is 7.19.